The van der Waals surface area contributed by atoms with Crippen LogP contribution in [0.3, 0.4) is 0 Å². The van der Waals surface area contributed by atoms with E-state index in [4.69, 9.17) is 27.9 Å². The van der Waals surface area contributed by atoms with Crippen molar-refractivity contribution >= 4 is 38.7 Å². The Kier molecular flexibility index (Phi) is 6.34. The van der Waals surface area contributed by atoms with Crippen LogP contribution in [0.25, 0.3) is 5.69 Å². The van der Waals surface area contributed by atoms with Gasteiger partial charge in [0, 0.05) is 36.5 Å². The molecule has 0 spiro atoms. The molecule has 1 aromatic carbocycles. The van der Waals surface area contributed by atoms with Crippen LogP contribution >= 0.6 is 23.2 Å². The predicted molar refractivity (Wildman–Crippen MR) is 111 cm³/mol. The van der Waals surface area contributed by atoms with Gasteiger partial charge in [-0.15, -0.1) is 0 Å². The van der Waals surface area contributed by atoms with Gasteiger partial charge in [0.2, 0.25) is 0 Å². The topological polar surface area (TPSA) is 90.3 Å². The highest BCUT2D eigenvalue weighted by Crippen LogP contribution is 2.33. The lowest BCUT2D eigenvalue weighted by Crippen LogP contribution is -2.41. The summed E-state index contributed by atoms with van der Waals surface area (Å²) in [5, 5.41) is 7.84. The average Bonchev–Trinajstić information content (AvgIpc) is 2.63. The Morgan fingerprint density at radius 1 is 1.21 bits per heavy atom. The van der Waals surface area contributed by atoms with Crippen LogP contribution in [0.15, 0.2) is 35.3 Å². The lowest BCUT2D eigenvalue weighted by atomic mass is 9.82. The summed E-state index contributed by atoms with van der Waals surface area (Å²) in [4.78, 5) is 12.6. The fraction of sp³-hybridized carbons (Fsp3) is 0.444. The molecule has 10 heteroatoms. The van der Waals surface area contributed by atoms with E-state index >= 15 is 0 Å². The van der Waals surface area contributed by atoms with E-state index < -0.39 is 20.8 Å². The largest absolute Gasteiger partial charge is 0.382 e. The van der Waals surface area contributed by atoms with E-state index in [-0.39, 0.29) is 10.8 Å². The normalized spacial score (nSPS) is 16.7. The summed E-state index contributed by atoms with van der Waals surface area (Å²) in [6.07, 6.45) is 3.91. The first-order valence-electron chi connectivity index (χ1n) is 8.72. The van der Waals surface area contributed by atoms with Crippen LogP contribution in [0.5, 0.6) is 0 Å². The Morgan fingerprint density at radius 3 is 2.46 bits per heavy atom. The molecule has 0 saturated carbocycles. The van der Waals surface area contributed by atoms with Gasteiger partial charge in [0.05, 0.1) is 23.3 Å². The van der Waals surface area contributed by atoms with Gasteiger partial charge in [0.15, 0.2) is 0 Å². The Balaban J connectivity index is 1.83. The summed E-state index contributed by atoms with van der Waals surface area (Å²) in [6, 6.07) is 6.66. The van der Waals surface area contributed by atoms with Crippen molar-refractivity contribution in [3.63, 3.8) is 0 Å². The van der Waals surface area contributed by atoms with Crippen molar-refractivity contribution in [2.24, 2.45) is 5.41 Å². The minimum absolute atomic E-state index is 0.00786. The zero-order valence-electron chi connectivity index (χ0n) is 15.3. The van der Waals surface area contributed by atoms with Crippen LogP contribution < -0.4 is 10.9 Å². The monoisotopic (exact) mass is 445 g/mol. The molecule has 0 bridgehead atoms. The Morgan fingerprint density at radius 2 is 1.86 bits per heavy atom. The fourth-order valence-electron chi connectivity index (χ4n) is 3.34. The number of sulfone groups is 1. The van der Waals surface area contributed by atoms with Crippen LogP contribution in [-0.2, 0) is 14.6 Å². The highest BCUT2D eigenvalue weighted by Gasteiger charge is 2.36. The van der Waals surface area contributed by atoms with E-state index in [1.54, 1.807) is 24.3 Å². The average molecular weight is 446 g/mol. The maximum Gasteiger partial charge on any atom is 0.292 e. The minimum Gasteiger partial charge on any atom is -0.382 e. The van der Waals surface area contributed by atoms with E-state index in [2.05, 4.69) is 10.4 Å². The SMILES string of the molecule is CS(=O)(=O)CC1(CNc2cnn(-c3ccc(Cl)cc3)c(=O)c2Cl)CCOCC1. The van der Waals surface area contributed by atoms with Gasteiger partial charge in [-0.2, -0.15) is 9.78 Å². The Hall–Kier alpha value is -1.61. The smallest absolute Gasteiger partial charge is 0.292 e. The van der Waals surface area contributed by atoms with Gasteiger partial charge in [-0.3, -0.25) is 4.79 Å². The first kappa shape index (κ1) is 21.1. The number of hydrogen-bond acceptors (Lipinski definition) is 6. The molecule has 0 amide bonds. The molecular weight excluding hydrogens is 425 g/mol. The van der Waals surface area contributed by atoms with Crippen molar-refractivity contribution in [3.8, 4) is 5.69 Å². The third-order valence-corrected chi connectivity index (χ3v) is 6.52. The number of rotatable bonds is 6. The van der Waals surface area contributed by atoms with Crippen LogP contribution in [-0.4, -0.2) is 50.0 Å². The molecule has 1 fully saturated rings. The molecule has 0 unspecified atom stereocenters. The molecule has 0 radical (unpaired) electrons. The van der Waals surface area contributed by atoms with Crippen molar-refractivity contribution in [2.75, 3.05) is 37.1 Å². The van der Waals surface area contributed by atoms with Gasteiger partial charge >= 0.3 is 0 Å². The van der Waals surface area contributed by atoms with Gasteiger partial charge in [-0.25, -0.2) is 8.42 Å². The maximum atomic E-state index is 12.6. The molecule has 28 heavy (non-hydrogen) atoms. The first-order chi connectivity index (χ1) is 13.2. The maximum absolute atomic E-state index is 12.6. The molecule has 1 N–H and O–H groups in total. The zero-order chi connectivity index (χ0) is 20.4. The number of anilines is 1. The molecule has 1 saturated heterocycles. The predicted octanol–water partition coefficient (Wildman–Crippen LogP) is 2.79. The number of hydrogen-bond donors (Lipinski definition) is 1. The lowest BCUT2D eigenvalue weighted by Gasteiger charge is -2.37. The Labute approximate surface area is 173 Å². The van der Waals surface area contributed by atoms with Gasteiger partial charge in [0.1, 0.15) is 14.9 Å². The zero-order valence-corrected chi connectivity index (χ0v) is 17.6. The summed E-state index contributed by atoms with van der Waals surface area (Å²) < 4.78 is 30.4. The standard InChI is InChI=1S/C18H21Cl2N3O4S/c1-28(25,26)12-18(6-8-27-9-7-18)11-21-15-10-22-23(17(24)16(15)20)14-4-2-13(19)3-5-14/h2-5,10,21H,6-9,11-12H2,1H3. The molecule has 0 aliphatic carbocycles. The van der Waals surface area contributed by atoms with Crippen molar-refractivity contribution in [1.29, 1.82) is 0 Å². The second kappa shape index (κ2) is 8.41. The molecule has 2 aromatic rings. The molecule has 1 aromatic heterocycles. The van der Waals surface area contributed by atoms with E-state index in [1.165, 1.54) is 17.1 Å². The number of benzene rings is 1. The molecule has 1 aliphatic rings. The summed E-state index contributed by atoms with van der Waals surface area (Å²) in [6.45, 7) is 1.36. The van der Waals surface area contributed by atoms with E-state index in [9.17, 15) is 13.2 Å². The molecule has 152 valence electrons. The molecule has 1 aliphatic heterocycles. The van der Waals surface area contributed by atoms with E-state index in [1.807, 2.05) is 0 Å². The molecular formula is C18H21Cl2N3O4S. The van der Waals surface area contributed by atoms with E-state index in [0.29, 0.717) is 49.0 Å². The molecule has 0 atom stereocenters. The second-order valence-electron chi connectivity index (χ2n) is 7.10. The van der Waals surface area contributed by atoms with Crippen molar-refractivity contribution < 1.29 is 13.2 Å². The number of ether oxygens (including phenoxy) is 1. The second-order valence-corrected chi connectivity index (χ2v) is 10.1. The summed E-state index contributed by atoms with van der Waals surface area (Å²) in [7, 11) is -3.17. The van der Waals surface area contributed by atoms with Crippen LogP contribution in [0.1, 0.15) is 12.8 Å². The third kappa shape index (κ3) is 5.05. The van der Waals surface area contributed by atoms with Crippen molar-refractivity contribution in [3.05, 3.63) is 50.9 Å². The van der Waals surface area contributed by atoms with Crippen molar-refractivity contribution in [2.45, 2.75) is 12.8 Å². The third-order valence-electron chi connectivity index (χ3n) is 4.77. The lowest BCUT2D eigenvalue weighted by molar-refractivity contribution is 0.0315. The van der Waals surface area contributed by atoms with Crippen molar-refractivity contribution in [1.82, 2.24) is 9.78 Å². The quantitative estimate of drug-likeness (QED) is 0.734. The highest BCUT2D eigenvalue weighted by molar-refractivity contribution is 7.90. The minimum atomic E-state index is -3.17. The fourth-order valence-corrected chi connectivity index (χ4v) is 5.16. The van der Waals surface area contributed by atoms with Gasteiger partial charge in [0.25, 0.3) is 5.56 Å². The number of halogens is 2. The number of aromatic nitrogens is 2. The van der Waals surface area contributed by atoms with Crippen LogP contribution in [0.2, 0.25) is 10.0 Å². The number of nitrogens with zero attached hydrogens (tertiary/aromatic N) is 2. The van der Waals surface area contributed by atoms with Gasteiger partial charge in [-0.1, -0.05) is 23.2 Å². The van der Waals surface area contributed by atoms with Crippen LogP contribution in [0.4, 0.5) is 5.69 Å². The summed E-state index contributed by atoms with van der Waals surface area (Å²) in [5.41, 5.74) is -0.0320. The Bertz CT molecular complexity index is 1000. The molecule has 2 heterocycles. The number of nitrogens with one attached hydrogen (secondary N) is 1. The van der Waals surface area contributed by atoms with Crippen LogP contribution in [0, 0.1) is 5.41 Å². The highest BCUT2D eigenvalue weighted by atomic mass is 35.5. The molecule has 3 rings (SSSR count). The summed E-state index contributed by atoms with van der Waals surface area (Å²) >= 11 is 12.1. The van der Waals surface area contributed by atoms with Gasteiger partial charge < -0.3 is 10.1 Å². The van der Waals surface area contributed by atoms with E-state index in [0.717, 1.165) is 0 Å². The first-order valence-corrected chi connectivity index (χ1v) is 11.5. The molecule has 7 nitrogen and oxygen atoms in total. The van der Waals surface area contributed by atoms with Gasteiger partial charge in [-0.05, 0) is 37.1 Å². The summed E-state index contributed by atoms with van der Waals surface area (Å²) in [5.74, 6) is 0.0449.